The van der Waals surface area contributed by atoms with Gasteiger partial charge in [-0.15, -0.1) is 0 Å². The number of carbonyl (C=O) groups is 1. The van der Waals surface area contributed by atoms with E-state index in [0.29, 0.717) is 13.1 Å². The summed E-state index contributed by atoms with van der Waals surface area (Å²) < 4.78 is 4.53. The Labute approximate surface area is 72.1 Å². The van der Waals surface area contributed by atoms with Gasteiger partial charge in [0.2, 0.25) is 0 Å². The standard InChI is InChI=1S/C8H15NO3/c1-12-8(11)6-9-4-2-3-7(10)5-9/h7,10H,2-6H2,1H3. The zero-order valence-corrected chi connectivity index (χ0v) is 7.32. The lowest BCUT2D eigenvalue weighted by molar-refractivity contribution is -0.142. The molecule has 0 spiro atoms. The monoisotopic (exact) mass is 173 g/mol. The lowest BCUT2D eigenvalue weighted by Crippen LogP contribution is -2.41. The summed E-state index contributed by atoms with van der Waals surface area (Å²) in [6, 6.07) is 0. The first-order valence-corrected chi connectivity index (χ1v) is 4.19. The Morgan fingerprint density at radius 3 is 3.08 bits per heavy atom. The smallest absolute Gasteiger partial charge is 0.319 e. The van der Waals surface area contributed by atoms with Gasteiger partial charge in [-0.3, -0.25) is 9.69 Å². The van der Waals surface area contributed by atoms with Crippen molar-refractivity contribution in [3.63, 3.8) is 0 Å². The van der Waals surface area contributed by atoms with Gasteiger partial charge in [0.05, 0.1) is 19.8 Å². The normalized spacial score (nSPS) is 25.3. The molecule has 12 heavy (non-hydrogen) atoms. The fourth-order valence-corrected chi connectivity index (χ4v) is 1.42. The summed E-state index contributed by atoms with van der Waals surface area (Å²) in [6.07, 6.45) is 1.53. The van der Waals surface area contributed by atoms with E-state index < -0.39 is 0 Å². The summed E-state index contributed by atoms with van der Waals surface area (Å²) >= 11 is 0. The quantitative estimate of drug-likeness (QED) is 0.578. The summed E-state index contributed by atoms with van der Waals surface area (Å²) in [5.41, 5.74) is 0. The number of hydrogen-bond acceptors (Lipinski definition) is 4. The molecule has 0 amide bonds. The van der Waals surface area contributed by atoms with E-state index in [2.05, 4.69) is 4.74 Å². The molecular weight excluding hydrogens is 158 g/mol. The molecule has 1 unspecified atom stereocenters. The Morgan fingerprint density at radius 1 is 1.75 bits per heavy atom. The minimum absolute atomic E-state index is 0.232. The molecule has 1 fully saturated rings. The van der Waals surface area contributed by atoms with Crippen molar-refractivity contribution in [2.45, 2.75) is 18.9 Å². The molecule has 4 heteroatoms. The van der Waals surface area contributed by atoms with Crippen LogP contribution in [0.4, 0.5) is 0 Å². The third-order valence-corrected chi connectivity index (χ3v) is 2.06. The van der Waals surface area contributed by atoms with Crippen LogP contribution < -0.4 is 0 Å². The van der Waals surface area contributed by atoms with Gasteiger partial charge < -0.3 is 9.84 Å². The molecule has 70 valence electrons. The van der Waals surface area contributed by atoms with Crippen molar-refractivity contribution in [2.75, 3.05) is 26.7 Å². The molecule has 0 radical (unpaired) electrons. The average molecular weight is 173 g/mol. The fourth-order valence-electron chi connectivity index (χ4n) is 1.42. The first kappa shape index (κ1) is 9.48. The van der Waals surface area contributed by atoms with Crippen LogP contribution in [0.3, 0.4) is 0 Å². The van der Waals surface area contributed by atoms with E-state index in [9.17, 15) is 9.90 Å². The predicted molar refractivity (Wildman–Crippen MR) is 43.7 cm³/mol. The lowest BCUT2D eigenvalue weighted by atomic mass is 10.1. The molecule has 0 aliphatic carbocycles. The maximum absolute atomic E-state index is 10.8. The van der Waals surface area contributed by atoms with Gasteiger partial charge in [-0.05, 0) is 19.4 Å². The number of β-amino-alcohol motifs (C(OH)–C–C–N with tert-alkyl or cyclic N) is 1. The van der Waals surface area contributed by atoms with E-state index in [0.717, 1.165) is 19.4 Å². The van der Waals surface area contributed by atoms with Crippen LogP contribution in [0.25, 0.3) is 0 Å². The number of rotatable bonds is 2. The molecule has 1 rings (SSSR count). The highest BCUT2D eigenvalue weighted by Crippen LogP contribution is 2.08. The van der Waals surface area contributed by atoms with Gasteiger partial charge >= 0.3 is 5.97 Å². The molecule has 1 N–H and O–H groups in total. The topological polar surface area (TPSA) is 49.8 Å². The molecule has 0 aromatic rings. The Bertz CT molecular complexity index is 160. The number of carbonyl (C=O) groups excluding carboxylic acids is 1. The molecule has 0 aromatic carbocycles. The summed E-state index contributed by atoms with van der Waals surface area (Å²) in [7, 11) is 1.38. The SMILES string of the molecule is COC(=O)CN1CCCC(O)C1. The van der Waals surface area contributed by atoms with Crippen LogP contribution in [0, 0.1) is 0 Å². The summed E-state index contributed by atoms with van der Waals surface area (Å²) in [4.78, 5) is 12.8. The lowest BCUT2D eigenvalue weighted by Gasteiger charge is -2.28. The molecule has 1 saturated heterocycles. The number of aliphatic hydroxyl groups is 1. The van der Waals surface area contributed by atoms with Gasteiger partial charge in [-0.1, -0.05) is 0 Å². The third kappa shape index (κ3) is 2.79. The van der Waals surface area contributed by atoms with Crippen LogP contribution in [0.2, 0.25) is 0 Å². The van der Waals surface area contributed by atoms with Crippen molar-refractivity contribution in [1.82, 2.24) is 4.90 Å². The van der Waals surface area contributed by atoms with Gasteiger partial charge in [-0.25, -0.2) is 0 Å². The Morgan fingerprint density at radius 2 is 2.50 bits per heavy atom. The number of ether oxygens (including phenoxy) is 1. The van der Waals surface area contributed by atoms with E-state index in [1.54, 1.807) is 0 Å². The third-order valence-electron chi connectivity index (χ3n) is 2.06. The largest absolute Gasteiger partial charge is 0.468 e. The van der Waals surface area contributed by atoms with Crippen molar-refractivity contribution in [3.05, 3.63) is 0 Å². The van der Waals surface area contributed by atoms with E-state index in [4.69, 9.17) is 0 Å². The molecule has 4 nitrogen and oxygen atoms in total. The molecule has 1 atom stereocenters. The average Bonchev–Trinajstić information content (AvgIpc) is 2.04. The number of esters is 1. The first-order chi connectivity index (χ1) is 5.72. The molecule has 0 saturated carbocycles. The Kier molecular flexibility index (Phi) is 3.49. The molecule has 1 aliphatic heterocycles. The highest BCUT2D eigenvalue weighted by molar-refractivity contribution is 5.71. The van der Waals surface area contributed by atoms with Crippen LogP contribution in [-0.4, -0.2) is 48.8 Å². The number of methoxy groups -OCH3 is 1. The van der Waals surface area contributed by atoms with Gasteiger partial charge in [0.15, 0.2) is 0 Å². The van der Waals surface area contributed by atoms with E-state index in [-0.39, 0.29) is 12.1 Å². The van der Waals surface area contributed by atoms with E-state index in [1.165, 1.54) is 7.11 Å². The second-order valence-electron chi connectivity index (χ2n) is 3.11. The Balaban J connectivity index is 2.27. The number of piperidine rings is 1. The highest BCUT2D eigenvalue weighted by Gasteiger charge is 2.19. The molecule has 0 bridgehead atoms. The summed E-state index contributed by atoms with van der Waals surface area (Å²) in [6.45, 7) is 1.77. The van der Waals surface area contributed by atoms with Crippen LogP contribution in [0.15, 0.2) is 0 Å². The number of nitrogens with zero attached hydrogens (tertiary/aromatic N) is 1. The summed E-state index contributed by atoms with van der Waals surface area (Å²) in [5, 5.41) is 9.27. The summed E-state index contributed by atoms with van der Waals surface area (Å²) in [5.74, 6) is -0.232. The highest BCUT2D eigenvalue weighted by atomic mass is 16.5. The second kappa shape index (κ2) is 4.42. The van der Waals surface area contributed by atoms with E-state index >= 15 is 0 Å². The van der Waals surface area contributed by atoms with Crippen LogP contribution >= 0.6 is 0 Å². The molecule has 1 aliphatic rings. The van der Waals surface area contributed by atoms with Crippen LogP contribution in [-0.2, 0) is 9.53 Å². The number of aliphatic hydroxyl groups excluding tert-OH is 1. The zero-order chi connectivity index (χ0) is 8.97. The maximum atomic E-state index is 10.8. The minimum Gasteiger partial charge on any atom is -0.468 e. The predicted octanol–water partition coefficient (Wildman–Crippen LogP) is -0.384. The first-order valence-electron chi connectivity index (χ1n) is 4.19. The van der Waals surface area contributed by atoms with Crippen molar-refractivity contribution >= 4 is 5.97 Å². The molecular formula is C8H15NO3. The van der Waals surface area contributed by atoms with Gasteiger partial charge in [0, 0.05) is 6.54 Å². The van der Waals surface area contributed by atoms with Crippen molar-refractivity contribution in [1.29, 1.82) is 0 Å². The van der Waals surface area contributed by atoms with Crippen molar-refractivity contribution in [3.8, 4) is 0 Å². The van der Waals surface area contributed by atoms with Crippen LogP contribution in [0.1, 0.15) is 12.8 Å². The molecule has 1 heterocycles. The second-order valence-corrected chi connectivity index (χ2v) is 3.11. The fraction of sp³-hybridized carbons (Fsp3) is 0.875. The van der Waals surface area contributed by atoms with E-state index in [1.807, 2.05) is 4.90 Å². The minimum atomic E-state index is -0.275. The van der Waals surface area contributed by atoms with Crippen LogP contribution in [0.5, 0.6) is 0 Å². The van der Waals surface area contributed by atoms with Crippen molar-refractivity contribution in [2.24, 2.45) is 0 Å². The van der Waals surface area contributed by atoms with Gasteiger partial charge in [-0.2, -0.15) is 0 Å². The van der Waals surface area contributed by atoms with Gasteiger partial charge in [0.1, 0.15) is 0 Å². The maximum Gasteiger partial charge on any atom is 0.319 e. The Hall–Kier alpha value is -0.610. The zero-order valence-electron chi connectivity index (χ0n) is 7.32. The number of hydrogen-bond donors (Lipinski definition) is 1. The molecule has 0 aromatic heterocycles. The number of likely N-dealkylation sites (tertiary alicyclic amines) is 1. The van der Waals surface area contributed by atoms with Gasteiger partial charge in [0.25, 0.3) is 0 Å². The van der Waals surface area contributed by atoms with Crippen molar-refractivity contribution < 1.29 is 14.6 Å².